The molecule has 2 atom stereocenters. The Hall–Kier alpha value is -3.19. The molecule has 2 N–H and O–H groups in total. The predicted molar refractivity (Wildman–Crippen MR) is 148 cm³/mol. The minimum Gasteiger partial charge on any atom is -0.352 e. The first-order chi connectivity index (χ1) is 17.5. The molecule has 1 aliphatic heterocycles. The van der Waals surface area contributed by atoms with Crippen LogP contribution in [0.15, 0.2) is 60.8 Å². The lowest BCUT2D eigenvalue weighted by atomic mass is 9.94. The number of nitrogens with one attached hydrogen (secondary N) is 2. The van der Waals surface area contributed by atoms with E-state index in [1.165, 1.54) is 49.1 Å². The van der Waals surface area contributed by atoms with Gasteiger partial charge in [-0.3, -0.25) is 9.78 Å². The quantitative estimate of drug-likeness (QED) is 0.389. The molecular formula is C29H35N5OS. The van der Waals surface area contributed by atoms with Crippen molar-refractivity contribution in [2.24, 2.45) is 0 Å². The molecule has 1 aliphatic carbocycles. The molecule has 7 heteroatoms. The van der Waals surface area contributed by atoms with Gasteiger partial charge in [0.1, 0.15) is 0 Å². The lowest BCUT2D eigenvalue weighted by Crippen LogP contribution is -2.33. The van der Waals surface area contributed by atoms with Gasteiger partial charge in [-0.25, -0.2) is 0 Å². The third-order valence-corrected chi connectivity index (χ3v) is 7.97. The van der Waals surface area contributed by atoms with Gasteiger partial charge in [0.2, 0.25) is 5.91 Å². The van der Waals surface area contributed by atoms with Gasteiger partial charge >= 0.3 is 0 Å². The number of nitrogens with zero attached hydrogens (tertiary/aromatic N) is 3. The molecule has 2 fully saturated rings. The average molecular weight is 502 g/mol. The first kappa shape index (κ1) is 24.5. The molecule has 1 amide bonds. The zero-order valence-corrected chi connectivity index (χ0v) is 21.9. The molecule has 0 unspecified atom stereocenters. The maximum atomic E-state index is 12.8. The van der Waals surface area contributed by atoms with E-state index >= 15 is 0 Å². The van der Waals surface area contributed by atoms with E-state index in [9.17, 15) is 4.79 Å². The summed E-state index contributed by atoms with van der Waals surface area (Å²) in [4.78, 5) is 19.6. The molecule has 6 nitrogen and oxygen atoms in total. The van der Waals surface area contributed by atoms with Gasteiger partial charge in [-0.1, -0.05) is 43.5 Å². The van der Waals surface area contributed by atoms with E-state index in [0.717, 1.165) is 11.4 Å². The number of anilines is 1. The van der Waals surface area contributed by atoms with Crippen molar-refractivity contribution >= 4 is 28.9 Å². The van der Waals surface area contributed by atoms with Gasteiger partial charge in [0.25, 0.3) is 0 Å². The van der Waals surface area contributed by atoms with Crippen molar-refractivity contribution in [2.45, 2.75) is 70.5 Å². The van der Waals surface area contributed by atoms with E-state index in [4.69, 9.17) is 12.2 Å². The number of para-hydroxylation sites is 1. The zero-order valence-electron chi connectivity index (χ0n) is 21.1. The fourth-order valence-corrected chi connectivity index (χ4v) is 6.29. The van der Waals surface area contributed by atoms with Crippen LogP contribution in [0, 0.1) is 13.8 Å². The predicted octanol–water partition coefficient (Wildman–Crippen LogP) is 6.01. The SMILES string of the molecule is Cc1cc([C@H]2[C@H](c3ccccn3)NC(=S)N2CCC(=O)Nc2ccccc2)c(C)n1C1CCCCC1. The molecule has 2 aliphatic rings. The molecule has 188 valence electrons. The van der Waals surface area contributed by atoms with E-state index in [0.29, 0.717) is 24.1 Å². The Morgan fingerprint density at radius 2 is 1.83 bits per heavy atom. The number of pyridine rings is 1. The summed E-state index contributed by atoms with van der Waals surface area (Å²) in [5.74, 6) is -0.0169. The molecule has 2 aromatic heterocycles. The van der Waals surface area contributed by atoms with Gasteiger partial charge in [-0.15, -0.1) is 0 Å². The minimum absolute atomic E-state index is 0.0169. The standard InChI is InChI=1S/C29H35N5OS/c1-20-19-24(21(2)34(20)23-13-7-4-8-14-23)28-27(25-15-9-10-17-30-25)32-29(36)33(28)18-16-26(35)31-22-11-5-3-6-12-22/h3,5-6,9-12,15,17,19,23,27-28H,4,7-8,13-14,16,18H2,1-2H3,(H,31,35)(H,32,36)/t27-,28-/m0/s1. The van der Waals surface area contributed by atoms with E-state index in [1.807, 2.05) is 48.7 Å². The number of hydrogen-bond acceptors (Lipinski definition) is 3. The highest BCUT2D eigenvalue weighted by Gasteiger charge is 2.41. The van der Waals surface area contributed by atoms with Crippen LogP contribution in [0.4, 0.5) is 5.69 Å². The van der Waals surface area contributed by atoms with Crippen molar-refractivity contribution in [3.63, 3.8) is 0 Å². The molecule has 5 rings (SSSR count). The number of aryl methyl sites for hydroxylation is 1. The van der Waals surface area contributed by atoms with Crippen LogP contribution in [0.5, 0.6) is 0 Å². The summed E-state index contributed by atoms with van der Waals surface area (Å²) in [5, 5.41) is 7.20. The van der Waals surface area contributed by atoms with E-state index in [-0.39, 0.29) is 18.0 Å². The average Bonchev–Trinajstić information content (AvgIpc) is 3.38. The highest BCUT2D eigenvalue weighted by Crippen LogP contribution is 2.42. The third kappa shape index (κ3) is 5.03. The molecule has 3 aromatic rings. The Labute approximate surface area is 219 Å². The molecule has 36 heavy (non-hydrogen) atoms. The molecule has 3 heterocycles. The lowest BCUT2D eigenvalue weighted by molar-refractivity contribution is -0.116. The summed E-state index contributed by atoms with van der Waals surface area (Å²) in [5.41, 5.74) is 5.64. The first-order valence-electron chi connectivity index (χ1n) is 13.0. The number of hydrogen-bond donors (Lipinski definition) is 2. The Bertz CT molecular complexity index is 1200. The largest absolute Gasteiger partial charge is 0.352 e. The Morgan fingerprint density at radius 3 is 2.56 bits per heavy atom. The highest BCUT2D eigenvalue weighted by molar-refractivity contribution is 7.80. The van der Waals surface area contributed by atoms with Crippen LogP contribution >= 0.6 is 12.2 Å². The molecule has 1 aromatic carbocycles. The maximum absolute atomic E-state index is 12.8. The van der Waals surface area contributed by atoms with Gasteiger partial charge in [0, 0.05) is 42.3 Å². The van der Waals surface area contributed by atoms with Crippen LogP contribution in [-0.2, 0) is 4.79 Å². The summed E-state index contributed by atoms with van der Waals surface area (Å²) >= 11 is 5.83. The van der Waals surface area contributed by atoms with Crippen LogP contribution in [0.25, 0.3) is 0 Å². The lowest BCUT2D eigenvalue weighted by Gasteiger charge is -2.29. The van der Waals surface area contributed by atoms with Gasteiger partial charge in [-0.2, -0.15) is 0 Å². The van der Waals surface area contributed by atoms with Crippen molar-refractivity contribution in [1.82, 2.24) is 19.8 Å². The van der Waals surface area contributed by atoms with Gasteiger partial charge in [0.05, 0.1) is 17.8 Å². The topological polar surface area (TPSA) is 62.2 Å². The van der Waals surface area contributed by atoms with Gasteiger partial charge in [-0.05, 0) is 74.8 Å². The smallest absolute Gasteiger partial charge is 0.226 e. The third-order valence-electron chi connectivity index (χ3n) is 7.62. The summed E-state index contributed by atoms with van der Waals surface area (Å²) in [6, 6.07) is 18.4. The van der Waals surface area contributed by atoms with Crippen LogP contribution in [0.3, 0.4) is 0 Å². The summed E-state index contributed by atoms with van der Waals surface area (Å²) in [7, 11) is 0. The highest BCUT2D eigenvalue weighted by atomic mass is 32.1. The molecule has 0 radical (unpaired) electrons. The molecule has 1 saturated carbocycles. The Balaban J connectivity index is 1.43. The number of carbonyl (C=O) groups excluding carboxylic acids is 1. The number of rotatable bonds is 7. The van der Waals surface area contributed by atoms with E-state index in [1.54, 1.807) is 0 Å². The Kier molecular flexibility index (Phi) is 7.37. The first-order valence-corrected chi connectivity index (χ1v) is 13.4. The summed E-state index contributed by atoms with van der Waals surface area (Å²) < 4.78 is 2.55. The van der Waals surface area contributed by atoms with Crippen molar-refractivity contribution in [2.75, 3.05) is 11.9 Å². The Morgan fingerprint density at radius 1 is 1.08 bits per heavy atom. The van der Waals surface area contributed by atoms with Crippen LogP contribution in [0.1, 0.15) is 79.3 Å². The number of amides is 1. The number of thiocarbonyl (C=S) groups is 1. The second-order valence-electron chi connectivity index (χ2n) is 9.97. The van der Waals surface area contributed by atoms with Crippen LogP contribution in [-0.4, -0.2) is 32.0 Å². The van der Waals surface area contributed by atoms with Gasteiger partial charge in [0.15, 0.2) is 5.11 Å². The van der Waals surface area contributed by atoms with Crippen molar-refractivity contribution < 1.29 is 4.79 Å². The molecule has 0 bridgehead atoms. The van der Waals surface area contributed by atoms with E-state index in [2.05, 4.69) is 51.1 Å². The van der Waals surface area contributed by atoms with Crippen LogP contribution in [0.2, 0.25) is 0 Å². The van der Waals surface area contributed by atoms with Crippen LogP contribution < -0.4 is 10.6 Å². The molecular weight excluding hydrogens is 466 g/mol. The fourth-order valence-electron chi connectivity index (χ4n) is 5.95. The maximum Gasteiger partial charge on any atom is 0.226 e. The fraction of sp³-hybridized carbons (Fsp3) is 0.414. The second kappa shape index (κ2) is 10.8. The monoisotopic (exact) mass is 501 g/mol. The zero-order chi connectivity index (χ0) is 25.1. The van der Waals surface area contributed by atoms with Gasteiger partial charge < -0.3 is 20.1 Å². The summed E-state index contributed by atoms with van der Waals surface area (Å²) in [6.45, 7) is 5.00. The number of carbonyl (C=O) groups is 1. The number of benzene rings is 1. The minimum atomic E-state index is -0.0730. The van der Waals surface area contributed by atoms with Crippen molar-refractivity contribution in [3.8, 4) is 0 Å². The normalized spacial score (nSPS) is 20.4. The molecule has 0 spiro atoms. The van der Waals surface area contributed by atoms with Crippen molar-refractivity contribution in [3.05, 3.63) is 83.4 Å². The number of aromatic nitrogens is 2. The summed E-state index contributed by atoms with van der Waals surface area (Å²) in [6.07, 6.45) is 8.59. The van der Waals surface area contributed by atoms with E-state index < -0.39 is 0 Å². The van der Waals surface area contributed by atoms with Crippen molar-refractivity contribution in [1.29, 1.82) is 0 Å². The molecule has 1 saturated heterocycles. The second-order valence-corrected chi connectivity index (χ2v) is 10.4.